The van der Waals surface area contributed by atoms with Crippen molar-refractivity contribution in [2.45, 2.75) is 19.3 Å². The molecule has 0 spiro atoms. The van der Waals surface area contributed by atoms with Gasteiger partial charge < -0.3 is 5.11 Å². The summed E-state index contributed by atoms with van der Waals surface area (Å²) in [6, 6.07) is 3.98. The normalized spacial score (nSPS) is 19.5. The first kappa shape index (κ1) is 8.54. The molecule has 1 aliphatic carbocycles. The van der Waals surface area contributed by atoms with Gasteiger partial charge in [0.2, 0.25) is 0 Å². The summed E-state index contributed by atoms with van der Waals surface area (Å²) >= 11 is 7.43. The molecule has 0 unspecified atom stereocenters. The summed E-state index contributed by atoms with van der Waals surface area (Å²) in [5, 5.41) is 9.10. The zero-order valence-corrected chi connectivity index (χ0v) is 8.29. The summed E-state index contributed by atoms with van der Waals surface area (Å²) in [4.78, 5) is 1.30. The van der Waals surface area contributed by atoms with Crippen LogP contribution in [0.2, 0.25) is 4.34 Å². The Balaban J connectivity index is 2.04. The van der Waals surface area contributed by atoms with Gasteiger partial charge in [-0.15, -0.1) is 11.3 Å². The van der Waals surface area contributed by atoms with E-state index in [4.69, 9.17) is 16.7 Å². The van der Waals surface area contributed by atoms with Crippen LogP contribution in [0.5, 0.6) is 0 Å². The molecule has 12 heavy (non-hydrogen) atoms. The van der Waals surface area contributed by atoms with E-state index in [-0.39, 0.29) is 5.41 Å². The van der Waals surface area contributed by atoms with E-state index in [0.717, 1.165) is 10.8 Å². The smallest absolute Gasteiger partial charge is 0.0931 e. The zero-order valence-electron chi connectivity index (χ0n) is 6.72. The second-order valence-corrected chi connectivity index (χ2v) is 5.34. The Morgan fingerprint density at radius 1 is 1.50 bits per heavy atom. The maximum Gasteiger partial charge on any atom is 0.0931 e. The number of aliphatic hydroxyl groups is 1. The summed E-state index contributed by atoms with van der Waals surface area (Å²) in [6.45, 7) is 0.322. The molecule has 66 valence electrons. The SMILES string of the molecule is OCC1(Cc2ccc(Cl)s2)CC1. The van der Waals surface area contributed by atoms with Crippen LogP contribution < -0.4 is 0 Å². The highest BCUT2D eigenvalue weighted by atomic mass is 35.5. The number of rotatable bonds is 3. The first-order chi connectivity index (χ1) is 5.74. The fourth-order valence-corrected chi connectivity index (χ4v) is 2.65. The molecule has 3 heteroatoms. The lowest BCUT2D eigenvalue weighted by atomic mass is 10.0. The molecule has 1 N–H and O–H groups in total. The van der Waals surface area contributed by atoms with Crippen LogP contribution in [0.3, 0.4) is 0 Å². The molecular formula is C9H11ClOS. The molecule has 0 aromatic carbocycles. The topological polar surface area (TPSA) is 20.2 Å². The number of halogens is 1. The molecule has 2 rings (SSSR count). The van der Waals surface area contributed by atoms with E-state index in [1.165, 1.54) is 17.7 Å². The fraction of sp³-hybridized carbons (Fsp3) is 0.556. The Morgan fingerprint density at radius 2 is 2.25 bits per heavy atom. The molecule has 1 fully saturated rings. The van der Waals surface area contributed by atoms with Crippen molar-refractivity contribution in [1.82, 2.24) is 0 Å². The maximum absolute atomic E-state index is 9.10. The average molecular weight is 203 g/mol. The van der Waals surface area contributed by atoms with E-state index in [0.29, 0.717) is 6.61 Å². The molecule has 0 atom stereocenters. The molecule has 0 aliphatic heterocycles. The van der Waals surface area contributed by atoms with Gasteiger partial charge >= 0.3 is 0 Å². The van der Waals surface area contributed by atoms with Gasteiger partial charge in [-0.1, -0.05) is 11.6 Å². The second kappa shape index (κ2) is 3.02. The van der Waals surface area contributed by atoms with Gasteiger partial charge in [-0.25, -0.2) is 0 Å². The molecule has 0 bridgehead atoms. The van der Waals surface area contributed by atoms with Gasteiger partial charge in [-0.05, 0) is 36.8 Å². The number of hydrogen-bond donors (Lipinski definition) is 1. The van der Waals surface area contributed by atoms with Crippen molar-refractivity contribution >= 4 is 22.9 Å². The van der Waals surface area contributed by atoms with Gasteiger partial charge in [0.25, 0.3) is 0 Å². The summed E-state index contributed by atoms with van der Waals surface area (Å²) < 4.78 is 0.846. The molecule has 0 radical (unpaired) electrons. The van der Waals surface area contributed by atoms with E-state index in [9.17, 15) is 0 Å². The van der Waals surface area contributed by atoms with Crippen LogP contribution in [0, 0.1) is 5.41 Å². The van der Waals surface area contributed by atoms with Crippen molar-refractivity contribution < 1.29 is 5.11 Å². The Labute approximate surface area is 81.0 Å². The number of aliphatic hydroxyl groups excluding tert-OH is 1. The van der Waals surface area contributed by atoms with Gasteiger partial charge in [0.15, 0.2) is 0 Å². The predicted molar refractivity (Wildman–Crippen MR) is 51.8 cm³/mol. The molecule has 1 nitrogen and oxygen atoms in total. The minimum absolute atomic E-state index is 0.216. The van der Waals surface area contributed by atoms with Crippen LogP contribution in [0.1, 0.15) is 17.7 Å². The quantitative estimate of drug-likeness (QED) is 0.799. The number of hydrogen-bond acceptors (Lipinski definition) is 2. The number of thiophene rings is 1. The molecule has 1 heterocycles. The van der Waals surface area contributed by atoms with E-state index in [2.05, 4.69) is 6.07 Å². The lowest BCUT2D eigenvalue weighted by molar-refractivity contribution is 0.212. The van der Waals surface area contributed by atoms with E-state index < -0.39 is 0 Å². The third-order valence-electron chi connectivity index (χ3n) is 2.47. The minimum atomic E-state index is 0.216. The van der Waals surface area contributed by atoms with Crippen LogP contribution in [0.4, 0.5) is 0 Å². The van der Waals surface area contributed by atoms with Gasteiger partial charge in [0.05, 0.1) is 4.34 Å². The van der Waals surface area contributed by atoms with E-state index in [1.54, 1.807) is 11.3 Å². The first-order valence-electron chi connectivity index (χ1n) is 4.09. The van der Waals surface area contributed by atoms with Gasteiger partial charge in [0.1, 0.15) is 0 Å². The molecule has 1 saturated carbocycles. The Kier molecular flexibility index (Phi) is 2.15. The van der Waals surface area contributed by atoms with Crippen molar-refractivity contribution in [3.8, 4) is 0 Å². The standard InChI is InChI=1S/C9H11ClOS/c10-8-2-1-7(12-8)5-9(6-11)3-4-9/h1-2,11H,3-6H2. The highest BCUT2D eigenvalue weighted by Crippen LogP contribution is 2.48. The molecule has 0 saturated heterocycles. The lowest BCUT2D eigenvalue weighted by Gasteiger charge is -2.08. The van der Waals surface area contributed by atoms with E-state index >= 15 is 0 Å². The van der Waals surface area contributed by atoms with Gasteiger partial charge in [0, 0.05) is 11.5 Å². The van der Waals surface area contributed by atoms with Crippen molar-refractivity contribution in [3.05, 3.63) is 21.3 Å². The van der Waals surface area contributed by atoms with Gasteiger partial charge in [-0.2, -0.15) is 0 Å². The molecule has 1 aliphatic rings. The average Bonchev–Trinajstić information content (AvgIpc) is 2.71. The summed E-state index contributed by atoms with van der Waals surface area (Å²) in [5.41, 5.74) is 0.216. The van der Waals surface area contributed by atoms with Gasteiger partial charge in [-0.3, -0.25) is 0 Å². The van der Waals surface area contributed by atoms with E-state index in [1.807, 2.05) is 6.07 Å². The summed E-state index contributed by atoms with van der Waals surface area (Å²) in [6.07, 6.45) is 3.33. The second-order valence-electron chi connectivity index (χ2n) is 3.54. The minimum Gasteiger partial charge on any atom is -0.396 e. The molecule has 1 aromatic heterocycles. The van der Waals surface area contributed by atoms with Crippen LogP contribution in [-0.2, 0) is 6.42 Å². The fourth-order valence-electron chi connectivity index (χ4n) is 1.38. The Bertz CT molecular complexity index is 278. The Hall–Kier alpha value is -0.0500. The third kappa shape index (κ3) is 1.65. The van der Waals surface area contributed by atoms with Crippen LogP contribution >= 0.6 is 22.9 Å². The predicted octanol–water partition coefficient (Wildman–Crippen LogP) is 2.72. The summed E-state index contributed by atoms with van der Waals surface area (Å²) in [7, 11) is 0. The van der Waals surface area contributed by atoms with Crippen LogP contribution in [0.15, 0.2) is 12.1 Å². The van der Waals surface area contributed by atoms with Crippen LogP contribution in [0.25, 0.3) is 0 Å². The molecule has 1 aromatic rings. The Morgan fingerprint density at radius 3 is 2.67 bits per heavy atom. The van der Waals surface area contributed by atoms with Crippen molar-refractivity contribution in [2.24, 2.45) is 5.41 Å². The molecule has 0 amide bonds. The van der Waals surface area contributed by atoms with Crippen molar-refractivity contribution in [2.75, 3.05) is 6.61 Å². The molecular weight excluding hydrogens is 192 g/mol. The monoisotopic (exact) mass is 202 g/mol. The lowest BCUT2D eigenvalue weighted by Crippen LogP contribution is -2.08. The largest absolute Gasteiger partial charge is 0.396 e. The van der Waals surface area contributed by atoms with Crippen LogP contribution in [-0.4, -0.2) is 11.7 Å². The first-order valence-corrected chi connectivity index (χ1v) is 5.29. The summed E-state index contributed by atoms with van der Waals surface area (Å²) in [5.74, 6) is 0. The highest BCUT2D eigenvalue weighted by molar-refractivity contribution is 7.16. The highest BCUT2D eigenvalue weighted by Gasteiger charge is 2.42. The third-order valence-corrected chi connectivity index (χ3v) is 3.70. The van der Waals surface area contributed by atoms with Crippen molar-refractivity contribution in [3.63, 3.8) is 0 Å². The maximum atomic E-state index is 9.10. The van der Waals surface area contributed by atoms with Crippen molar-refractivity contribution in [1.29, 1.82) is 0 Å². The zero-order chi connectivity index (χ0) is 8.60.